The van der Waals surface area contributed by atoms with Gasteiger partial charge in [0.1, 0.15) is 11.9 Å². The molecule has 1 N–H and O–H groups in total. The van der Waals surface area contributed by atoms with Crippen LogP contribution in [0.15, 0.2) is 47.4 Å². The first-order valence-electron chi connectivity index (χ1n) is 6.89. The van der Waals surface area contributed by atoms with E-state index in [2.05, 4.69) is 5.32 Å². The van der Waals surface area contributed by atoms with Gasteiger partial charge in [0.25, 0.3) is 5.91 Å². The predicted octanol–water partition coefficient (Wildman–Crippen LogP) is 3.22. The molecular weight excluding hydrogens is 301 g/mol. The summed E-state index contributed by atoms with van der Waals surface area (Å²) in [5, 5.41) is 2.73. The summed E-state index contributed by atoms with van der Waals surface area (Å²) in [6.45, 7) is 1.93. The lowest BCUT2D eigenvalue weighted by molar-refractivity contribution is 0.0864. The topological polar surface area (TPSA) is 46.2 Å². The van der Waals surface area contributed by atoms with E-state index < -0.39 is 11.9 Å². The molecule has 22 heavy (non-hydrogen) atoms. The molecule has 0 bridgehead atoms. The Morgan fingerprint density at radius 1 is 1.23 bits per heavy atom. The second-order valence-corrected chi connectivity index (χ2v) is 6.27. The van der Waals surface area contributed by atoms with Crippen molar-refractivity contribution in [2.45, 2.75) is 17.9 Å². The van der Waals surface area contributed by atoms with Gasteiger partial charge in [-0.2, -0.15) is 0 Å². The summed E-state index contributed by atoms with van der Waals surface area (Å²) < 4.78 is 12.9. The summed E-state index contributed by atoms with van der Waals surface area (Å²) in [5.74, 6) is -0.338. The van der Waals surface area contributed by atoms with Crippen molar-refractivity contribution in [3.63, 3.8) is 0 Å². The van der Waals surface area contributed by atoms with Crippen LogP contribution >= 0.6 is 11.8 Å². The summed E-state index contributed by atoms with van der Waals surface area (Å²) in [4.78, 5) is 25.6. The molecule has 0 spiro atoms. The molecule has 1 atom stereocenters. The SMILES string of the molecule is Cc1ccc2c(c1)C(=O)[C@H](NC(=O)c1ccc(F)cc1)CS2. The first-order chi connectivity index (χ1) is 10.5. The molecule has 2 aromatic carbocycles. The molecule has 0 aliphatic carbocycles. The average molecular weight is 315 g/mol. The molecule has 3 nitrogen and oxygen atoms in total. The molecule has 0 unspecified atom stereocenters. The number of ketones is 1. The van der Waals surface area contributed by atoms with E-state index in [1.807, 2.05) is 25.1 Å². The summed E-state index contributed by atoms with van der Waals surface area (Å²) in [6.07, 6.45) is 0. The van der Waals surface area contributed by atoms with Crippen molar-refractivity contribution in [1.29, 1.82) is 0 Å². The highest BCUT2D eigenvalue weighted by Gasteiger charge is 2.29. The molecule has 0 aromatic heterocycles. The zero-order valence-corrected chi connectivity index (χ0v) is 12.7. The fourth-order valence-corrected chi connectivity index (χ4v) is 3.41. The second-order valence-electron chi connectivity index (χ2n) is 5.21. The third-order valence-corrected chi connectivity index (χ3v) is 4.70. The van der Waals surface area contributed by atoms with Crippen molar-refractivity contribution in [2.75, 3.05) is 5.75 Å². The van der Waals surface area contributed by atoms with E-state index in [1.165, 1.54) is 24.3 Å². The largest absolute Gasteiger partial charge is 0.341 e. The maximum atomic E-state index is 12.9. The monoisotopic (exact) mass is 315 g/mol. The lowest BCUT2D eigenvalue weighted by Crippen LogP contribution is -2.44. The van der Waals surface area contributed by atoms with Crippen molar-refractivity contribution in [3.8, 4) is 0 Å². The fraction of sp³-hybridized carbons (Fsp3) is 0.176. The van der Waals surface area contributed by atoms with Gasteiger partial charge in [0, 0.05) is 21.8 Å². The van der Waals surface area contributed by atoms with Crippen LogP contribution < -0.4 is 5.32 Å². The Balaban J connectivity index is 1.78. The van der Waals surface area contributed by atoms with Crippen LogP contribution in [0.2, 0.25) is 0 Å². The van der Waals surface area contributed by atoms with Gasteiger partial charge in [-0.25, -0.2) is 4.39 Å². The van der Waals surface area contributed by atoms with Crippen molar-refractivity contribution in [2.24, 2.45) is 0 Å². The van der Waals surface area contributed by atoms with Crippen molar-refractivity contribution >= 4 is 23.5 Å². The molecule has 1 amide bonds. The number of Topliss-reactive ketones (excluding diaryl/α,β-unsaturated/α-hetero) is 1. The number of rotatable bonds is 2. The van der Waals surface area contributed by atoms with E-state index in [-0.39, 0.29) is 11.7 Å². The lowest BCUT2D eigenvalue weighted by Gasteiger charge is -2.24. The Bertz CT molecular complexity index is 743. The molecule has 0 saturated heterocycles. The highest BCUT2D eigenvalue weighted by Crippen LogP contribution is 2.30. The number of carbonyl (C=O) groups excluding carboxylic acids is 2. The van der Waals surface area contributed by atoms with Crippen LogP contribution in [0.5, 0.6) is 0 Å². The molecule has 0 saturated carbocycles. The minimum Gasteiger partial charge on any atom is -0.341 e. The molecule has 5 heteroatoms. The molecule has 1 aliphatic rings. The Kier molecular flexibility index (Phi) is 3.98. The number of nitrogens with one attached hydrogen (secondary N) is 1. The van der Waals surface area contributed by atoms with Crippen LogP contribution in [-0.4, -0.2) is 23.5 Å². The molecule has 1 aliphatic heterocycles. The molecule has 1 heterocycles. The van der Waals surface area contributed by atoms with Crippen LogP contribution in [0.3, 0.4) is 0 Å². The molecule has 112 valence electrons. The number of halogens is 1. The van der Waals surface area contributed by atoms with Gasteiger partial charge in [0.05, 0.1) is 0 Å². The van der Waals surface area contributed by atoms with E-state index in [4.69, 9.17) is 0 Å². The third kappa shape index (κ3) is 2.90. The maximum Gasteiger partial charge on any atom is 0.251 e. The maximum absolute atomic E-state index is 12.9. The van der Waals surface area contributed by atoms with Crippen LogP contribution in [0.4, 0.5) is 4.39 Å². The van der Waals surface area contributed by atoms with Crippen molar-refractivity contribution in [1.82, 2.24) is 5.32 Å². The number of thioether (sulfide) groups is 1. The van der Waals surface area contributed by atoms with Gasteiger partial charge >= 0.3 is 0 Å². The highest BCUT2D eigenvalue weighted by molar-refractivity contribution is 7.99. The van der Waals surface area contributed by atoms with Gasteiger partial charge in [-0.3, -0.25) is 9.59 Å². The van der Waals surface area contributed by atoms with Crippen molar-refractivity contribution in [3.05, 3.63) is 65.0 Å². The number of benzene rings is 2. The third-order valence-electron chi connectivity index (χ3n) is 3.53. The quantitative estimate of drug-likeness (QED) is 0.925. The fourth-order valence-electron chi connectivity index (χ4n) is 2.35. The zero-order chi connectivity index (χ0) is 15.7. The van der Waals surface area contributed by atoms with E-state index in [1.54, 1.807) is 11.8 Å². The molecule has 2 aromatic rings. The summed E-state index contributed by atoms with van der Waals surface area (Å²) >= 11 is 1.55. The number of hydrogen-bond acceptors (Lipinski definition) is 3. The highest BCUT2D eigenvalue weighted by atomic mass is 32.2. The number of aryl methyl sites for hydroxylation is 1. The minimum atomic E-state index is -0.558. The Hall–Kier alpha value is -2.14. The molecule has 0 fully saturated rings. The van der Waals surface area contributed by atoms with Crippen LogP contribution in [-0.2, 0) is 0 Å². The Morgan fingerprint density at radius 3 is 2.68 bits per heavy atom. The summed E-state index contributed by atoms with van der Waals surface area (Å²) in [5.41, 5.74) is 2.01. The Morgan fingerprint density at radius 2 is 1.95 bits per heavy atom. The van der Waals surface area contributed by atoms with E-state index in [0.717, 1.165) is 10.5 Å². The van der Waals surface area contributed by atoms with Gasteiger partial charge in [-0.1, -0.05) is 11.6 Å². The normalized spacial score (nSPS) is 17.0. The smallest absolute Gasteiger partial charge is 0.251 e. The van der Waals surface area contributed by atoms with E-state index in [9.17, 15) is 14.0 Å². The first kappa shape index (κ1) is 14.8. The number of hydrogen-bond donors (Lipinski definition) is 1. The number of fused-ring (bicyclic) bond motifs is 1. The molecular formula is C17H14FNO2S. The Labute approximate surface area is 131 Å². The summed E-state index contributed by atoms with van der Waals surface area (Å²) in [7, 11) is 0. The van der Waals surface area contributed by atoms with Crippen LogP contribution in [0.25, 0.3) is 0 Å². The van der Waals surface area contributed by atoms with Gasteiger partial charge in [-0.05, 0) is 43.3 Å². The zero-order valence-electron chi connectivity index (χ0n) is 11.9. The molecule has 0 radical (unpaired) electrons. The first-order valence-corrected chi connectivity index (χ1v) is 7.87. The van der Waals surface area contributed by atoms with E-state index >= 15 is 0 Å². The lowest BCUT2D eigenvalue weighted by atomic mass is 10.0. The average Bonchev–Trinajstić information content (AvgIpc) is 2.51. The predicted molar refractivity (Wildman–Crippen MR) is 83.9 cm³/mol. The van der Waals surface area contributed by atoms with Gasteiger partial charge < -0.3 is 5.32 Å². The minimum absolute atomic E-state index is 0.0760. The number of carbonyl (C=O) groups is 2. The van der Waals surface area contributed by atoms with Gasteiger partial charge in [-0.15, -0.1) is 11.8 Å². The van der Waals surface area contributed by atoms with Gasteiger partial charge in [0.15, 0.2) is 5.78 Å². The summed E-state index contributed by atoms with van der Waals surface area (Å²) in [6, 6.07) is 10.5. The second kappa shape index (κ2) is 5.93. The van der Waals surface area contributed by atoms with Crippen LogP contribution in [0.1, 0.15) is 26.3 Å². The standard InChI is InChI=1S/C17H14FNO2S/c1-10-2-7-15-13(8-10)16(20)14(9-22-15)19-17(21)11-3-5-12(18)6-4-11/h2-8,14H,9H2,1H3,(H,19,21)/t14-/m1/s1. The van der Waals surface area contributed by atoms with Crippen LogP contribution in [0, 0.1) is 12.7 Å². The van der Waals surface area contributed by atoms with E-state index in [0.29, 0.717) is 16.9 Å². The number of amides is 1. The van der Waals surface area contributed by atoms with Crippen molar-refractivity contribution < 1.29 is 14.0 Å². The molecule has 3 rings (SSSR count). The van der Waals surface area contributed by atoms with Gasteiger partial charge in [0.2, 0.25) is 0 Å².